The lowest BCUT2D eigenvalue weighted by Crippen LogP contribution is -2.24. The van der Waals surface area contributed by atoms with Crippen LogP contribution in [0.2, 0.25) is 0 Å². The molecule has 1 N–H and O–H groups in total. The maximum Gasteiger partial charge on any atom is 0.240 e. The third-order valence-electron chi connectivity index (χ3n) is 4.05. The molecule has 5 nitrogen and oxygen atoms in total. The van der Waals surface area contributed by atoms with E-state index in [2.05, 4.69) is 37.0 Å². The predicted octanol–water partition coefficient (Wildman–Crippen LogP) is 4.62. The van der Waals surface area contributed by atoms with Crippen molar-refractivity contribution < 1.29 is 14.6 Å². The van der Waals surface area contributed by atoms with Gasteiger partial charge in [0, 0.05) is 18.9 Å². The summed E-state index contributed by atoms with van der Waals surface area (Å²) in [5, 5.41) is 15.5. The second-order valence-electron chi connectivity index (χ2n) is 5.69. The SMILES string of the molecule is COc1c(Br)cc(C2=NN(C(C)=O)C(c3ccc(O)cc3)C2)cc1Br. The van der Waals surface area contributed by atoms with Crippen molar-refractivity contribution in [1.29, 1.82) is 0 Å². The van der Waals surface area contributed by atoms with Gasteiger partial charge in [-0.3, -0.25) is 4.79 Å². The predicted molar refractivity (Wildman–Crippen MR) is 103 cm³/mol. The molecule has 1 aliphatic rings. The number of carbonyl (C=O) groups excluding carboxylic acids is 1. The molecule has 0 spiro atoms. The van der Waals surface area contributed by atoms with E-state index in [0.717, 1.165) is 25.8 Å². The van der Waals surface area contributed by atoms with Crippen LogP contribution in [0.5, 0.6) is 11.5 Å². The summed E-state index contributed by atoms with van der Waals surface area (Å²) in [6, 6.07) is 10.5. The molecule has 1 aliphatic heterocycles. The van der Waals surface area contributed by atoms with Crippen molar-refractivity contribution in [2.24, 2.45) is 5.10 Å². The van der Waals surface area contributed by atoms with Crippen molar-refractivity contribution >= 4 is 43.5 Å². The van der Waals surface area contributed by atoms with Crippen LogP contribution in [0.15, 0.2) is 50.4 Å². The van der Waals surface area contributed by atoms with E-state index in [0.29, 0.717) is 12.2 Å². The highest BCUT2D eigenvalue weighted by Crippen LogP contribution is 2.38. The fourth-order valence-electron chi connectivity index (χ4n) is 2.85. The third kappa shape index (κ3) is 3.57. The molecule has 0 fully saturated rings. The van der Waals surface area contributed by atoms with Crippen molar-refractivity contribution in [3.05, 3.63) is 56.5 Å². The monoisotopic (exact) mass is 466 g/mol. The van der Waals surface area contributed by atoms with Crippen LogP contribution >= 0.6 is 31.9 Å². The van der Waals surface area contributed by atoms with Crippen LogP contribution < -0.4 is 4.74 Å². The number of hydrogen-bond donors (Lipinski definition) is 1. The van der Waals surface area contributed by atoms with Gasteiger partial charge in [-0.25, -0.2) is 5.01 Å². The van der Waals surface area contributed by atoms with Gasteiger partial charge >= 0.3 is 0 Å². The number of methoxy groups -OCH3 is 1. The zero-order valence-corrected chi connectivity index (χ0v) is 16.8. The second kappa shape index (κ2) is 7.17. The Morgan fingerprint density at radius 3 is 2.36 bits per heavy atom. The highest BCUT2D eigenvalue weighted by atomic mass is 79.9. The van der Waals surface area contributed by atoms with Crippen molar-refractivity contribution in [1.82, 2.24) is 5.01 Å². The molecule has 1 unspecified atom stereocenters. The number of rotatable bonds is 3. The van der Waals surface area contributed by atoms with Crippen LogP contribution in [0.25, 0.3) is 0 Å². The van der Waals surface area contributed by atoms with Gasteiger partial charge in [-0.05, 0) is 61.7 Å². The Morgan fingerprint density at radius 1 is 1.24 bits per heavy atom. The van der Waals surface area contributed by atoms with Gasteiger partial charge in [-0.1, -0.05) is 12.1 Å². The van der Waals surface area contributed by atoms with E-state index in [4.69, 9.17) is 4.74 Å². The number of benzene rings is 2. The van der Waals surface area contributed by atoms with Crippen molar-refractivity contribution in [2.75, 3.05) is 7.11 Å². The van der Waals surface area contributed by atoms with Gasteiger partial charge in [-0.2, -0.15) is 5.10 Å². The number of carbonyl (C=O) groups is 1. The fourth-order valence-corrected chi connectivity index (χ4v) is 4.36. The van der Waals surface area contributed by atoms with Crippen molar-refractivity contribution in [2.45, 2.75) is 19.4 Å². The number of ether oxygens (including phenoxy) is 1. The standard InChI is InChI=1S/C18H16Br2N2O3/c1-10(23)22-17(11-3-5-13(24)6-4-11)9-16(21-22)12-7-14(19)18(25-2)15(20)8-12/h3-8,17,24H,9H2,1-2H3. The lowest BCUT2D eigenvalue weighted by atomic mass is 9.98. The topological polar surface area (TPSA) is 62.1 Å². The molecule has 1 amide bonds. The van der Waals surface area contributed by atoms with Crippen LogP contribution in [0.3, 0.4) is 0 Å². The Labute approximate surface area is 162 Å². The van der Waals surface area contributed by atoms with E-state index in [1.165, 1.54) is 11.9 Å². The molecule has 2 aromatic carbocycles. The van der Waals surface area contributed by atoms with Gasteiger partial charge < -0.3 is 9.84 Å². The Hall–Kier alpha value is -1.86. The number of phenols is 1. The van der Waals surface area contributed by atoms with E-state index >= 15 is 0 Å². The zero-order chi connectivity index (χ0) is 18.1. The minimum absolute atomic E-state index is 0.125. The lowest BCUT2D eigenvalue weighted by molar-refractivity contribution is -0.130. The first-order chi connectivity index (χ1) is 11.9. The van der Waals surface area contributed by atoms with Gasteiger partial charge in [-0.15, -0.1) is 0 Å². The van der Waals surface area contributed by atoms with Gasteiger partial charge in [0.15, 0.2) is 0 Å². The first kappa shape index (κ1) is 17.9. The first-order valence-corrected chi connectivity index (χ1v) is 9.19. The summed E-state index contributed by atoms with van der Waals surface area (Å²) in [6.07, 6.45) is 0.593. The van der Waals surface area contributed by atoms with Gasteiger partial charge in [0.1, 0.15) is 11.5 Å². The normalized spacial score (nSPS) is 16.7. The molecule has 1 heterocycles. The number of hydrazone groups is 1. The zero-order valence-electron chi connectivity index (χ0n) is 13.7. The van der Waals surface area contributed by atoms with E-state index in [-0.39, 0.29) is 17.7 Å². The highest BCUT2D eigenvalue weighted by Gasteiger charge is 2.31. The molecule has 0 saturated carbocycles. The third-order valence-corrected chi connectivity index (χ3v) is 5.22. The molecular formula is C18H16Br2N2O3. The molecule has 7 heteroatoms. The highest BCUT2D eigenvalue weighted by molar-refractivity contribution is 9.11. The fraction of sp³-hybridized carbons (Fsp3) is 0.222. The summed E-state index contributed by atoms with van der Waals surface area (Å²) in [5.74, 6) is 0.779. The molecule has 130 valence electrons. The molecule has 1 atom stereocenters. The number of phenolic OH excluding ortho intramolecular Hbond substituents is 1. The molecule has 0 saturated heterocycles. The van der Waals surface area contributed by atoms with Crippen LogP contribution in [0.1, 0.15) is 30.5 Å². The van der Waals surface area contributed by atoms with E-state index in [9.17, 15) is 9.90 Å². The minimum atomic E-state index is -0.187. The Kier molecular flexibility index (Phi) is 5.15. The number of hydrogen-bond acceptors (Lipinski definition) is 4. The smallest absolute Gasteiger partial charge is 0.240 e. The van der Waals surface area contributed by atoms with Crippen molar-refractivity contribution in [3.63, 3.8) is 0 Å². The summed E-state index contributed by atoms with van der Waals surface area (Å²) in [5.41, 5.74) is 2.66. The van der Waals surface area contributed by atoms with Gasteiger partial charge in [0.2, 0.25) is 5.91 Å². The maximum atomic E-state index is 12.0. The van der Waals surface area contributed by atoms with Gasteiger partial charge in [0.25, 0.3) is 0 Å². The van der Waals surface area contributed by atoms with Crippen LogP contribution in [-0.2, 0) is 4.79 Å². The summed E-state index contributed by atoms with van der Waals surface area (Å²) in [7, 11) is 1.61. The van der Waals surface area contributed by atoms with Crippen LogP contribution in [0.4, 0.5) is 0 Å². The molecule has 0 bridgehead atoms. The lowest BCUT2D eigenvalue weighted by Gasteiger charge is -2.20. The van der Waals surface area contributed by atoms with E-state index in [1.807, 2.05) is 24.3 Å². The van der Waals surface area contributed by atoms with Crippen molar-refractivity contribution in [3.8, 4) is 11.5 Å². The Balaban J connectivity index is 1.97. The number of amides is 1. The minimum Gasteiger partial charge on any atom is -0.508 e. The van der Waals surface area contributed by atoms with E-state index in [1.54, 1.807) is 19.2 Å². The molecular weight excluding hydrogens is 452 g/mol. The number of halogens is 2. The molecule has 0 aromatic heterocycles. The van der Waals surface area contributed by atoms with E-state index < -0.39 is 0 Å². The Bertz CT molecular complexity index is 827. The average Bonchev–Trinajstić information content (AvgIpc) is 3.01. The van der Waals surface area contributed by atoms with Gasteiger partial charge in [0.05, 0.1) is 27.8 Å². The van der Waals surface area contributed by atoms with Crippen LogP contribution in [0, 0.1) is 0 Å². The molecule has 2 aromatic rings. The molecule has 25 heavy (non-hydrogen) atoms. The summed E-state index contributed by atoms with van der Waals surface area (Å²) < 4.78 is 6.95. The first-order valence-electron chi connectivity index (χ1n) is 7.60. The number of nitrogens with zero attached hydrogens (tertiary/aromatic N) is 2. The summed E-state index contributed by atoms with van der Waals surface area (Å²) in [6.45, 7) is 1.50. The quantitative estimate of drug-likeness (QED) is 0.716. The second-order valence-corrected chi connectivity index (χ2v) is 7.40. The number of aromatic hydroxyl groups is 1. The largest absolute Gasteiger partial charge is 0.508 e. The van der Waals surface area contributed by atoms with Crippen LogP contribution in [-0.4, -0.2) is 28.8 Å². The Morgan fingerprint density at radius 2 is 1.84 bits per heavy atom. The molecule has 3 rings (SSSR count). The maximum absolute atomic E-state index is 12.0. The summed E-state index contributed by atoms with van der Waals surface area (Å²) in [4.78, 5) is 12.0. The molecule has 0 aliphatic carbocycles. The average molecular weight is 468 g/mol. The summed E-state index contributed by atoms with van der Waals surface area (Å²) >= 11 is 7.00. The molecule has 0 radical (unpaired) electrons.